The third-order valence-corrected chi connectivity index (χ3v) is 8.92. The number of benzene rings is 3. The molecular weight excluding hydrogens is 602 g/mol. The number of amides is 3. The molecule has 0 bridgehead atoms. The Kier molecular flexibility index (Phi) is 14.8. The van der Waals surface area contributed by atoms with Gasteiger partial charge < -0.3 is 24.8 Å². The Hall–Kier alpha value is -4.37. The monoisotopic (exact) mass is 655 g/mol. The van der Waals surface area contributed by atoms with E-state index in [0.717, 1.165) is 99.3 Å². The molecule has 0 aliphatic carbocycles. The van der Waals surface area contributed by atoms with Crippen molar-refractivity contribution in [1.82, 2.24) is 14.7 Å². The van der Waals surface area contributed by atoms with E-state index in [1.165, 1.54) is 0 Å². The Balaban J connectivity index is 1.04. The van der Waals surface area contributed by atoms with E-state index in [1.54, 1.807) is 4.90 Å². The van der Waals surface area contributed by atoms with Gasteiger partial charge in [0.05, 0.1) is 12.1 Å². The average Bonchev–Trinajstić information content (AvgIpc) is 3.10. The Morgan fingerprint density at radius 3 is 2.23 bits per heavy atom. The van der Waals surface area contributed by atoms with Gasteiger partial charge in [-0.25, -0.2) is 4.79 Å². The predicted octanol–water partition coefficient (Wildman–Crippen LogP) is 6.91. The van der Waals surface area contributed by atoms with Crippen LogP contribution >= 0.6 is 0 Å². The summed E-state index contributed by atoms with van der Waals surface area (Å²) in [6.45, 7) is 6.90. The quantitative estimate of drug-likeness (QED) is 0.154. The number of unbranched alkanes of at least 4 members (excludes halogenated alkanes) is 2. The van der Waals surface area contributed by atoms with Crippen molar-refractivity contribution in [2.75, 3.05) is 64.0 Å². The molecule has 0 spiro atoms. The highest BCUT2D eigenvalue weighted by Crippen LogP contribution is 2.28. The lowest BCUT2D eigenvalue weighted by Gasteiger charge is -2.32. The number of carbonyl (C=O) groups is 3. The van der Waals surface area contributed by atoms with Gasteiger partial charge in [0, 0.05) is 71.0 Å². The van der Waals surface area contributed by atoms with Crippen LogP contribution in [0.3, 0.4) is 0 Å². The summed E-state index contributed by atoms with van der Waals surface area (Å²) in [5, 5.41) is 6.38. The van der Waals surface area contributed by atoms with Crippen molar-refractivity contribution in [3.8, 4) is 11.1 Å². The fourth-order valence-corrected chi connectivity index (χ4v) is 5.93. The Morgan fingerprint density at radius 2 is 1.50 bits per heavy atom. The van der Waals surface area contributed by atoms with Gasteiger partial charge in [-0.05, 0) is 61.4 Å². The molecule has 0 unspecified atom stereocenters. The molecular formula is C39H53N5O4. The molecule has 0 atom stereocenters. The molecule has 0 radical (unpaired) electrons. The molecule has 1 saturated heterocycles. The first-order chi connectivity index (χ1) is 23.3. The average molecular weight is 656 g/mol. The number of likely N-dealkylation sites (N-methyl/N-ethyl adjacent to an activating group) is 2. The molecule has 9 nitrogen and oxygen atoms in total. The zero-order valence-electron chi connectivity index (χ0n) is 29.0. The van der Waals surface area contributed by atoms with Gasteiger partial charge in [-0.3, -0.25) is 14.9 Å². The number of piperidine rings is 1. The van der Waals surface area contributed by atoms with Crippen LogP contribution in [-0.4, -0.2) is 92.1 Å². The number of likely N-dealkylation sites (tertiary alicyclic amines) is 1. The van der Waals surface area contributed by atoms with Crippen molar-refractivity contribution in [1.29, 1.82) is 0 Å². The SMILES string of the molecule is CCCN(C)C(=O)Cc1ccc(NCCCCCC(=O)N(C)CCN2CCC(OC(=O)Nc3ccccc3-c3ccccc3)CC2)cc1. The number of hydrogen-bond donors (Lipinski definition) is 2. The van der Waals surface area contributed by atoms with Gasteiger partial charge in [0.25, 0.3) is 0 Å². The van der Waals surface area contributed by atoms with Crippen LogP contribution in [0.25, 0.3) is 11.1 Å². The van der Waals surface area contributed by atoms with Crippen molar-refractivity contribution >= 4 is 29.3 Å². The predicted molar refractivity (Wildman–Crippen MR) is 194 cm³/mol. The van der Waals surface area contributed by atoms with Gasteiger partial charge >= 0.3 is 6.09 Å². The molecule has 258 valence electrons. The van der Waals surface area contributed by atoms with Crippen LogP contribution in [0.15, 0.2) is 78.9 Å². The molecule has 1 aliphatic rings. The molecule has 3 amide bonds. The molecule has 0 aromatic heterocycles. The van der Waals surface area contributed by atoms with Gasteiger partial charge in [-0.1, -0.05) is 74.0 Å². The number of rotatable bonds is 17. The zero-order valence-corrected chi connectivity index (χ0v) is 29.0. The fraction of sp³-hybridized carbons (Fsp3) is 0.462. The maximum atomic E-state index is 12.7. The summed E-state index contributed by atoms with van der Waals surface area (Å²) in [7, 11) is 3.74. The van der Waals surface area contributed by atoms with Crippen molar-refractivity contribution < 1.29 is 19.1 Å². The van der Waals surface area contributed by atoms with Crippen LogP contribution in [0.2, 0.25) is 0 Å². The van der Waals surface area contributed by atoms with Crippen LogP contribution in [0.1, 0.15) is 57.4 Å². The third kappa shape index (κ3) is 12.0. The van der Waals surface area contributed by atoms with Crippen LogP contribution in [-0.2, 0) is 20.7 Å². The number of nitrogens with zero attached hydrogens (tertiary/aromatic N) is 3. The van der Waals surface area contributed by atoms with E-state index < -0.39 is 6.09 Å². The topological polar surface area (TPSA) is 94.2 Å². The minimum atomic E-state index is -0.424. The normalized spacial score (nSPS) is 13.5. The van der Waals surface area contributed by atoms with E-state index in [0.29, 0.717) is 19.4 Å². The molecule has 3 aromatic carbocycles. The first-order valence-corrected chi connectivity index (χ1v) is 17.5. The molecule has 4 rings (SSSR count). The van der Waals surface area contributed by atoms with E-state index >= 15 is 0 Å². The van der Waals surface area contributed by atoms with E-state index in [2.05, 4.69) is 22.5 Å². The van der Waals surface area contributed by atoms with Crippen LogP contribution in [0.5, 0.6) is 0 Å². The number of hydrogen-bond acceptors (Lipinski definition) is 6. The molecule has 9 heteroatoms. The highest BCUT2D eigenvalue weighted by atomic mass is 16.6. The molecule has 1 aliphatic heterocycles. The summed E-state index contributed by atoms with van der Waals surface area (Å²) in [6.07, 6.45) is 5.82. The van der Waals surface area contributed by atoms with Crippen molar-refractivity contribution in [2.24, 2.45) is 0 Å². The molecule has 3 aromatic rings. The summed E-state index contributed by atoms with van der Waals surface area (Å²) >= 11 is 0. The van der Waals surface area contributed by atoms with Crippen LogP contribution in [0, 0.1) is 0 Å². The number of ether oxygens (including phenoxy) is 1. The summed E-state index contributed by atoms with van der Waals surface area (Å²) in [5.41, 5.74) is 4.81. The van der Waals surface area contributed by atoms with E-state index in [4.69, 9.17) is 4.74 Å². The first kappa shape index (κ1) is 36.5. The third-order valence-electron chi connectivity index (χ3n) is 8.92. The zero-order chi connectivity index (χ0) is 34.1. The maximum Gasteiger partial charge on any atom is 0.411 e. The van der Waals surface area contributed by atoms with Crippen LogP contribution < -0.4 is 10.6 Å². The van der Waals surface area contributed by atoms with Gasteiger partial charge in [0.1, 0.15) is 6.10 Å². The Labute approximate surface area is 286 Å². The highest BCUT2D eigenvalue weighted by Gasteiger charge is 2.23. The summed E-state index contributed by atoms with van der Waals surface area (Å²) in [6, 6.07) is 25.8. The maximum absolute atomic E-state index is 12.7. The second-order valence-corrected chi connectivity index (χ2v) is 12.7. The van der Waals surface area contributed by atoms with Gasteiger partial charge in [0.2, 0.25) is 11.8 Å². The largest absolute Gasteiger partial charge is 0.446 e. The molecule has 48 heavy (non-hydrogen) atoms. The minimum Gasteiger partial charge on any atom is -0.446 e. The van der Waals surface area contributed by atoms with Gasteiger partial charge in [-0.2, -0.15) is 0 Å². The minimum absolute atomic E-state index is 0.119. The molecule has 1 fully saturated rings. The lowest BCUT2D eigenvalue weighted by Crippen LogP contribution is -2.42. The van der Waals surface area contributed by atoms with Crippen molar-refractivity contribution in [3.63, 3.8) is 0 Å². The fourth-order valence-electron chi connectivity index (χ4n) is 5.93. The van der Waals surface area contributed by atoms with Crippen LogP contribution in [0.4, 0.5) is 16.2 Å². The van der Waals surface area contributed by atoms with Crippen molar-refractivity contribution in [2.45, 2.75) is 64.4 Å². The van der Waals surface area contributed by atoms with E-state index in [1.807, 2.05) is 97.9 Å². The smallest absolute Gasteiger partial charge is 0.411 e. The summed E-state index contributed by atoms with van der Waals surface area (Å²) in [5.74, 6) is 0.330. The Bertz CT molecular complexity index is 1420. The van der Waals surface area contributed by atoms with E-state index in [9.17, 15) is 14.4 Å². The number of carbonyl (C=O) groups excluding carboxylic acids is 3. The van der Waals surface area contributed by atoms with Gasteiger partial charge in [-0.15, -0.1) is 0 Å². The summed E-state index contributed by atoms with van der Waals surface area (Å²) in [4.78, 5) is 43.6. The Morgan fingerprint density at radius 1 is 0.812 bits per heavy atom. The molecule has 1 heterocycles. The van der Waals surface area contributed by atoms with E-state index in [-0.39, 0.29) is 17.9 Å². The number of nitrogens with one attached hydrogen (secondary N) is 2. The van der Waals surface area contributed by atoms with Crippen molar-refractivity contribution in [3.05, 3.63) is 84.4 Å². The molecule has 0 saturated carbocycles. The molecule has 2 N–H and O–H groups in total. The summed E-state index contributed by atoms with van der Waals surface area (Å²) < 4.78 is 5.77. The lowest BCUT2D eigenvalue weighted by molar-refractivity contribution is -0.130. The first-order valence-electron chi connectivity index (χ1n) is 17.5. The lowest BCUT2D eigenvalue weighted by atomic mass is 10.0. The highest BCUT2D eigenvalue weighted by molar-refractivity contribution is 5.91. The second-order valence-electron chi connectivity index (χ2n) is 12.7. The second kappa shape index (κ2) is 19.5. The number of anilines is 2. The van der Waals surface area contributed by atoms with Gasteiger partial charge in [0.15, 0.2) is 0 Å². The standard InChI is InChI=1S/C39H53N5O4/c1-4-25-42(2)38(46)30-31-18-20-33(21-19-31)40-24-12-6-9-17-37(45)43(3)28-29-44-26-22-34(23-27-44)48-39(47)41-36-16-11-10-15-35(36)32-13-7-5-8-14-32/h5,7-8,10-11,13-16,18-21,34,40H,4,6,9,12,17,22-30H2,1-3H3,(H,41,47). The number of para-hydroxylation sites is 1.